The maximum atomic E-state index is 12.7. The SMILES string of the molecule is O=c1c2nnn(Cc3ccc(Cl)cc3)c2ncn1Cc1ccc(Cl)cc1. The molecule has 0 spiro atoms. The lowest BCUT2D eigenvalue weighted by Gasteiger charge is -2.06. The molecule has 0 unspecified atom stereocenters. The van der Waals surface area contributed by atoms with E-state index in [2.05, 4.69) is 15.3 Å². The Morgan fingerprint density at radius 3 is 2.04 bits per heavy atom. The summed E-state index contributed by atoms with van der Waals surface area (Å²) in [7, 11) is 0. The molecule has 0 aliphatic carbocycles. The van der Waals surface area contributed by atoms with E-state index in [4.69, 9.17) is 23.2 Å². The summed E-state index contributed by atoms with van der Waals surface area (Å²) in [4.78, 5) is 17.1. The van der Waals surface area contributed by atoms with Crippen molar-refractivity contribution >= 4 is 34.4 Å². The fourth-order valence-electron chi connectivity index (χ4n) is 2.66. The Labute approximate surface area is 158 Å². The lowest BCUT2D eigenvalue weighted by atomic mass is 10.2. The Morgan fingerprint density at radius 1 is 0.846 bits per heavy atom. The molecule has 0 saturated carbocycles. The van der Waals surface area contributed by atoms with Crippen LogP contribution in [0.2, 0.25) is 10.0 Å². The molecular formula is C18H13Cl2N5O. The first-order valence-corrected chi connectivity index (χ1v) is 8.63. The smallest absolute Gasteiger partial charge is 0.283 e. The lowest BCUT2D eigenvalue weighted by molar-refractivity contribution is 0.663. The minimum absolute atomic E-state index is 0.229. The standard InChI is InChI=1S/C18H13Cl2N5O/c19-14-5-1-12(2-6-14)9-24-11-21-17-16(18(24)26)22-23-25(17)10-13-3-7-15(20)8-4-13/h1-8,11H,9-10H2. The second kappa shape index (κ2) is 6.90. The van der Waals surface area contributed by atoms with Gasteiger partial charge in [0.1, 0.15) is 6.33 Å². The van der Waals surface area contributed by atoms with Crippen LogP contribution in [0.5, 0.6) is 0 Å². The monoisotopic (exact) mass is 385 g/mol. The highest BCUT2D eigenvalue weighted by Gasteiger charge is 2.12. The van der Waals surface area contributed by atoms with Crippen LogP contribution in [-0.4, -0.2) is 24.5 Å². The van der Waals surface area contributed by atoms with Gasteiger partial charge >= 0.3 is 0 Å². The topological polar surface area (TPSA) is 65.6 Å². The summed E-state index contributed by atoms with van der Waals surface area (Å²) in [6.07, 6.45) is 1.51. The van der Waals surface area contributed by atoms with E-state index < -0.39 is 0 Å². The zero-order chi connectivity index (χ0) is 18.1. The van der Waals surface area contributed by atoms with Gasteiger partial charge in [-0.2, -0.15) is 0 Å². The normalized spacial score (nSPS) is 11.2. The van der Waals surface area contributed by atoms with Crippen LogP contribution in [0.3, 0.4) is 0 Å². The number of hydrogen-bond donors (Lipinski definition) is 0. The molecule has 4 aromatic rings. The number of rotatable bonds is 4. The van der Waals surface area contributed by atoms with Gasteiger partial charge in [0.15, 0.2) is 11.2 Å². The minimum atomic E-state index is -0.229. The largest absolute Gasteiger partial charge is 0.293 e. The molecule has 130 valence electrons. The van der Waals surface area contributed by atoms with Crippen molar-refractivity contribution in [1.29, 1.82) is 0 Å². The molecule has 0 atom stereocenters. The average molecular weight is 386 g/mol. The van der Waals surface area contributed by atoms with Crippen molar-refractivity contribution in [3.63, 3.8) is 0 Å². The fraction of sp³-hybridized carbons (Fsp3) is 0.111. The molecular weight excluding hydrogens is 373 g/mol. The van der Waals surface area contributed by atoms with Crippen LogP contribution < -0.4 is 5.56 Å². The quantitative estimate of drug-likeness (QED) is 0.539. The van der Waals surface area contributed by atoms with E-state index in [1.165, 1.54) is 10.9 Å². The second-order valence-electron chi connectivity index (χ2n) is 5.85. The average Bonchev–Trinajstić information content (AvgIpc) is 3.05. The van der Waals surface area contributed by atoms with E-state index in [9.17, 15) is 4.79 Å². The molecule has 0 saturated heterocycles. The predicted molar refractivity (Wildman–Crippen MR) is 101 cm³/mol. The molecule has 4 rings (SSSR count). The van der Waals surface area contributed by atoms with E-state index in [-0.39, 0.29) is 11.1 Å². The van der Waals surface area contributed by atoms with Crippen LogP contribution in [-0.2, 0) is 13.1 Å². The van der Waals surface area contributed by atoms with E-state index in [1.54, 1.807) is 16.8 Å². The zero-order valence-corrected chi connectivity index (χ0v) is 15.0. The molecule has 0 aliphatic heterocycles. The fourth-order valence-corrected chi connectivity index (χ4v) is 2.91. The number of hydrogen-bond acceptors (Lipinski definition) is 4. The highest BCUT2D eigenvalue weighted by atomic mass is 35.5. The van der Waals surface area contributed by atoms with Crippen LogP contribution in [0.4, 0.5) is 0 Å². The number of nitrogens with zero attached hydrogens (tertiary/aromatic N) is 5. The molecule has 2 aromatic heterocycles. The van der Waals surface area contributed by atoms with E-state index in [0.29, 0.717) is 28.8 Å². The van der Waals surface area contributed by atoms with Gasteiger partial charge in [-0.05, 0) is 35.4 Å². The molecule has 0 aliphatic rings. The Hall–Kier alpha value is -2.70. The minimum Gasteiger partial charge on any atom is -0.293 e. The Morgan fingerprint density at radius 2 is 1.42 bits per heavy atom. The van der Waals surface area contributed by atoms with Crippen LogP contribution in [0.1, 0.15) is 11.1 Å². The van der Waals surface area contributed by atoms with Crippen LogP contribution in [0.15, 0.2) is 59.7 Å². The Bertz CT molecular complexity index is 1120. The molecule has 0 bridgehead atoms. The molecule has 0 amide bonds. The Kier molecular flexibility index (Phi) is 4.44. The summed E-state index contributed by atoms with van der Waals surface area (Å²) < 4.78 is 3.11. The lowest BCUT2D eigenvalue weighted by Crippen LogP contribution is -2.21. The summed E-state index contributed by atoms with van der Waals surface area (Å²) in [6.45, 7) is 0.851. The molecule has 0 fully saturated rings. The molecule has 0 radical (unpaired) electrons. The number of benzene rings is 2. The van der Waals surface area contributed by atoms with Crippen molar-refractivity contribution in [2.75, 3.05) is 0 Å². The maximum Gasteiger partial charge on any atom is 0.283 e. The highest BCUT2D eigenvalue weighted by molar-refractivity contribution is 6.30. The van der Waals surface area contributed by atoms with E-state index in [0.717, 1.165) is 11.1 Å². The predicted octanol–water partition coefficient (Wildman–Crippen LogP) is 3.39. The van der Waals surface area contributed by atoms with Crippen molar-refractivity contribution in [1.82, 2.24) is 24.5 Å². The van der Waals surface area contributed by atoms with Crippen molar-refractivity contribution < 1.29 is 0 Å². The maximum absolute atomic E-state index is 12.7. The number of halogens is 2. The van der Waals surface area contributed by atoms with E-state index in [1.807, 2.05) is 36.4 Å². The summed E-state index contributed by atoms with van der Waals surface area (Å²) in [5, 5.41) is 9.41. The first-order valence-electron chi connectivity index (χ1n) is 7.88. The van der Waals surface area contributed by atoms with Gasteiger partial charge in [-0.25, -0.2) is 9.67 Å². The first kappa shape index (κ1) is 16.8. The third kappa shape index (κ3) is 3.34. The molecule has 6 nitrogen and oxygen atoms in total. The van der Waals surface area contributed by atoms with Crippen LogP contribution in [0, 0.1) is 0 Å². The molecule has 2 heterocycles. The Balaban J connectivity index is 1.65. The molecule has 2 aromatic carbocycles. The number of aromatic nitrogens is 5. The molecule has 0 N–H and O–H groups in total. The van der Waals surface area contributed by atoms with Gasteiger partial charge in [-0.1, -0.05) is 52.7 Å². The van der Waals surface area contributed by atoms with Crippen LogP contribution in [0.25, 0.3) is 11.2 Å². The third-order valence-corrected chi connectivity index (χ3v) is 4.51. The molecule has 8 heteroatoms. The van der Waals surface area contributed by atoms with Crippen molar-refractivity contribution in [2.45, 2.75) is 13.1 Å². The van der Waals surface area contributed by atoms with Gasteiger partial charge < -0.3 is 0 Å². The number of fused-ring (bicyclic) bond motifs is 1. The van der Waals surface area contributed by atoms with Gasteiger partial charge in [0, 0.05) is 10.0 Å². The summed E-state index contributed by atoms with van der Waals surface area (Å²) >= 11 is 11.8. The first-order chi connectivity index (χ1) is 12.6. The van der Waals surface area contributed by atoms with Gasteiger partial charge in [-0.15, -0.1) is 5.10 Å². The summed E-state index contributed by atoms with van der Waals surface area (Å²) in [6, 6.07) is 14.7. The van der Waals surface area contributed by atoms with Gasteiger partial charge in [0.05, 0.1) is 13.1 Å². The van der Waals surface area contributed by atoms with Crippen LogP contribution >= 0.6 is 23.2 Å². The summed E-state index contributed by atoms with van der Waals surface area (Å²) in [5.74, 6) is 0. The zero-order valence-electron chi connectivity index (χ0n) is 13.5. The van der Waals surface area contributed by atoms with Gasteiger partial charge in [0.25, 0.3) is 5.56 Å². The van der Waals surface area contributed by atoms with Crippen molar-refractivity contribution in [3.8, 4) is 0 Å². The third-order valence-electron chi connectivity index (χ3n) is 4.00. The second-order valence-corrected chi connectivity index (χ2v) is 6.72. The van der Waals surface area contributed by atoms with Gasteiger partial charge in [-0.3, -0.25) is 9.36 Å². The van der Waals surface area contributed by atoms with E-state index >= 15 is 0 Å². The highest BCUT2D eigenvalue weighted by Crippen LogP contribution is 2.13. The van der Waals surface area contributed by atoms with Crippen molar-refractivity contribution in [2.24, 2.45) is 0 Å². The molecule has 26 heavy (non-hydrogen) atoms. The summed E-state index contributed by atoms with van der Waals surface area (Å²) in [5.41, 5.74) is 2.42. The van der Waals surface area contributed by atoms with Gasteiger partial charge in [0.2, 0.25) is 0 Å². The van der Waals surface area contributed by atoms with Crippen molar-refractivity contribution in [3.05, 3.63) is 86.4 Å².